The summed E-state index contributed by atoms with van der Waals surface area (Å²) in [5, 5.41) is 12.0. The molecule has 1 heterocycles. The van der Waals surface area contributed by atoms with Crippen LogP contribution < -0.4 is 10.5 Å². The summed E-state index contributed by atoms with van der Waals surface area (Å²) in [6.07, 6.45) is 3.10. The van der Waals surface area contributed by atoms with Crippen molar-refractivity contribution >= 4 is 21.6 Å². The second-order valence-electron chi connectivity index (χ2n) is 5.89. The second kappa shape index (κ2) is 7.11. The number of benzene rings is 2. The Morgan fingerprint density at radius 3 is 2.62 bits per heavy atom. The van der Waals surface area contributed by atoms with Gasteiger partial charge in [-0.2, -0.15) is 5.10 Å². The van der Waals surface area contributed by atoms with E-state index in [2.05, 4.69) is 10.4 Å². The topological polar surface area (TPSA) is 107 Å². The van der Waals surface area contributed by atoms with Gasteiger partial charge in [0, 0.05) is 11.9 Å². The molecule has 8 heteroatoms. The minimum Gasteiger partial charge on any atom is -0.322 e. The highest BCUT2D eigenvalue weighted by atomic mass is 32.2. The highest BCUT2D eigenvalue weighted by molar-refractivity contribution is 7.89. The van der Waals surface area contributed by atoms with Gasteiger partial charge in [-0.05, 0) is 30.2 Å². The average molecular weight is 370 g/mol. The Morgan fingerprint density at radius 1 is 1.19 bits per heavy atom. The van der Waals surface area contributed by atoms with E-state index < -0.39 is 10.0 Å². The SMILES string of the molecule is Cc1ccc(NC(=O)c2cnn(Cc3ccccc3)c2)cc1S(N)(=O)=O. The van der Waals surface area contributed by atoms with Gasteiger partial charge in [-0.25, -0.2) is 13.6 Å². The smallest absolute Gasteiger partial charge is 0.258 e. The van der Waals surface area contributed by atoms with E-state index in [1.807, 2.05) is 30.3 Å². The number of aromatic nitrogens is 2. The van der Waals surface area contributed by atoms with Crippen LogP contribution >= 0.6 is 0 Å². The molecule has 2 aromatic carbocycles. The summed E-state index contributed by atoms with van der Waals surface area (Å²) < 4.78 is 24.8. The largest absolute Gasteiger partial charge is 0.322 e. The zero-order valence-corrected chi connectivity index (χ0v) is 14.9. The predicted octanol–water partition coefficient (Wildman–Crippen LogP) is 2.14. The average Bonchev–Trinajstić information content (AvgIpc) is 3.05. The fourth-order valence-corrected chi connectivity index (χ4v) is 3.33. The van der Waals surface area contributed by atoms with Crippen LogP contribution in [0.15, 0.2) is 65.8 Å². The van der Waals surface area contributed by atoms with Gasteiger partial charge in [0.1, 0.15) is 0 Å². The molecule has 0 saturated heterocycles. The van der Waals surface area contributed by atoms with E-state index >= 15 is 0 Å². The minimum atomic E-state index is -3.85. The van der Waals surface area contributed by atoms with Gasteiger partial charge in [-0.1, -0.05) is 36.4 Å². The third-order valence-corrected chi connectivity index (χ3v) is 4.89. The summed E-state index contributed by atoms with van der Waals surface area (Å²) >= 11 is 0. The van der Waals surface area contributed by atoms with Crippen LogP contribution in [0, 0.1) is 6.92 Å². The number of anilines is 1. The molecule has 0 aliphatic rings. The van der Waals surface area contributed by atoms with Gasteiger partial charge in [-0.15, -0.1) is 0 Å². The molecule has 0 aliphatic heterocycles. The summed E-state index contributed by atoms with van der Waals surface area (Å²) in [6.45, 7) is 2.19. The molecule has 7 nitrogen and oxygen atoms in total. The number of nitrogens with one attached hydrogen (secondary N) is 1. The van der Waals surface area contributed by atoms with Gasteiger partial charge in [0.25, 0.3) is 5.91 Å². The monoisotopic (exact) mass is 370 g/mol. The number of aryl methyl sites for hydroxylation is 1. The molecule has 0 unspecified atom stereocenters. The van der Waals surface area contributed by atoms with E-state index in [1.54, 1.807) is 29.9 Å². The van der Waals surface area contributed by atoms with E-state index in [0.717, 1.165) is 5.56 Å². The Hall–Kier alpha value is -2.97. The van der Waals surface area contributed by atoms with Crippen LogP contribution in [0.2, 0.25) is 0 Å². The molecule has 1 aromatic heterocycles. The van der Waals surface area contributed by atoms with Crippen molar-refractivity contribution in [3.8, 4) is 0 Å². The number of primary sulfonamides is 1. The van der Waals surface area contributed by atoms with Crippen molar-refractivity contribution in [1.29, 1.82) is 0 Å². The summed E-state index contributed by atoms with van der Waals surface area (Å²) in [4.78, 5) is 12.4. The molecule has 0 bridgehead atoms. The molecular weight excluding hydrogens is 352 g/mol. The van der Waals surface area contributed by atoms with Gasteiger partial charge in [0.2, 0.25) is 10.0 Å². The first-order valence-corrected chi connectivity index (χ1v) is 9.39. The summed E-state index contributed by atoms with van der Waals surface area (Å²) in [7, 11) is -3.85. The van der Waals surface area contributed by atoms with E-state index in [0.29, 0.717) is 23.4 Å². The van der Waals surface area contributed by atoms with Crippen LogP contribution in [0.4, 0.5) is 5.69 Å². The quantitative estimate of drug-likeness (QED) is 0.717. The van der Waals surface area contributed by atoms with Crippen LogP contribution in [0.5, 0.6) is 0 Å². The molecule has 3 rings (SSSR count). The first-order chi connectivity index (χ1) is 12.3. The van der Waals surface area contributed by atoms with E-state index in [4.69, 9.17) is 5.14 Å². The van der Waals surface area contributed by atoms with Crippen LogP contribution in [0.25, 0.3) is 0 Å². The lowest BCUT2D eigenvalue weighted by atomic mass is 10.2. The number of carbonyl (C=O) groups excluding carboxylic acids is 1. The number of amides is 1. The van der Waals surface area contributed by atoms with E-state index in [9.17, 15) is 13.2 Å². The number of rotatable bonds is 5. The molecule has 26 heavy (non-hydrogen) atoms. The Labute approximate surface area is 151 Å². The molecule has 3 aromatic rings. The third kappa shape index (κ3) is 4.16. The lowest BCUT2D eigenvalue weighted by molar-refractivity contribution is 0.102. The molecule has 3 N–H and O–H groups in total. The molecule has 0 spiro atoms. The predicted molar refractivity (Wildman–Crippen MR) is 98.3 cm³/mol. The first-order valence-electron chi connectivity index (χ1n) is 7.84. The minimum absolute atomic E-state index is 0.0185. The van der Waals surface area contributed by atoms with Gasteiger partial charge in [0.15, 0.2) is 0 Å². The maximum Gasteiger partial charge on any atom is 0.258 e. The van der Waals surface area contributed by atoms with Gasteiger partial charge in [0.05, 0.1) is 23.2 Å². The van der Waals surface area contributed by atoms with Crippen molar-refractivity contribution < 1.29 is 13.2 Å². The van der Waals surface area contributed by atoms with Gasteiger partial charge in [-0.3, -0.25) is 9.48 Å². The molecule has 0 saturated carbocycles. The fourth-order valence-electron chi connectivity index (χ4n) is 2.53. The Morgan fingerprint density at radius 2 is 1.92 bits per heavy atom. The number of sulfonamides is 1. The highest BCUT2D eigenvalue weighted by Crippen LogP contribution is 2.19. The number of hydrogen-bond donors (Lipinski definition) is 2. The van der Waals surface area contributed by atoms with Crippen LogP contribution in [0.1, 0.15) is 21.5 Å². The van der Waals surface area contributed by atoms with Crippen molar-refractivity contribution in [1.82, 2.24) is 9.78 Å². The van der Waals surface area contributed by atoms with E-state index in [1.165, 1.54) is 12.3 Å². The summed E-state index contributed by atoms with van der Waals surface area (Å²) in [5.41, 5.74) is 2.30. The first kappa shape index (κ1) is 17.8. The van der Waals surface area contributed by atoms with Gasteiger partial charge >= 0.3 is 0 Å². The van der Waals surface area contributed by atoms with Crippen LogP contribution in [0.3, 0.4) is 0 Å². The maximum atomic E-state index is 12.4. The van der Waals surface area contributed by atoms with Crippen molar-refractivity contribution in [2.24, 2.45) is 5.14 Å². The summed E-state index contributed by atoms with van der Waals surface area (Å²) in [6, 6.07) is 14.3. The highest BCUT2D eigenvalue weighted by Gasteiger charge is 2.14. The Kier molecular flexibility index (Phi) is 4.88. The van der Waals surface area contributed by atoms with Crippen molar-refractivity contribution in [3.05, 3.63) is 77.6 Å². The standard InChI is InChI=1S/C18H18N4O3S/c1-13-7-8-16(9-17(13)26(19,24)25)21-18(23)15-10-20-22(12-15)11-14-5-3-2-4-6-14/h2-10,12H,11H2,1H3,(H,21,23)(H2,19,24,25). The zero-order chi connectivity index (χ0) is 18.7. The Balaban J connectivity index is 1.75. The van der Waals surface area contributed by atoms with Crippen molar-refractivity contribution in [2.75, 3.05) is 5.32 Å². The maximum absolute atomic E-state index is 12.4. The lowest BCUT2D eigenvalue weighted by Crippen LogP contribution is -2.15. The molecule has 0 radical (unpaired) electrons. The fraction of sp³-hybridized carbons (Fsp3) is 0.111. The van der Waals surface area contributed by atoms with Gasteiger partial charge < -0.3 is 5.32 Å². The van der Waals surface area contributed by atoms with Crippen molar-refractivity contribution in [3.63, 3.8) is 0 Å². The van der Waals surface area contributed by atoms with Crippen LogP contribution in [-0.2, 0) is 16.6 Å². The Bertz CT molecular complexity index is 1040. The van der Waals surface area contributed by atoms with Crippen molar-refractivity contribution in [2.45, 2.75) is 18.4 Å². The lowest BCUT2D eigenvalue weighted by Gasteiger charge is -2.08. The molecular formula is C18H18N4O3S. The number of nitrogens with two attached hydrogens (primary N) is 1. The second-order valence-corrected chi connectivity index (χ2v) is 7.42. The molecule has 1 amide bonds. The number of hydrogen-bond acceptors (Lipinski definition) is 4. The third-order valence-electron chi connectivity index (χ3n) is 3.84. The molecule has 0 fully saturated rings. The zero-order valence-electron chi connectivity index (χ0n) is 14.1. The molecule has 0 atom stereocenters. The normalized spacial score (nSPS) is 11.3. The molecule has 134 valence electrons. The number of nitrogens with zero attached hydrogens (tertiary/aromatic N) is 2. The van der Waals surface area contributed by atoms with E-state index in [-0.39, 0.29) is 10.8 Å². The molecule has 0 aliphatic carbocycles. The summed E-state index contributed by atoms with van der Waals surface area (Å²) in [5.74, 6) is -0.381. The number of carbonyl (C=O) groups is 1. The van der Waals surface area contributed by atoms with Crippen LogP contribution in [-0.4, -0.2) is 24.1 Å².